The van der Waals surface area contributed by atoms with Crippen molar-refractivity contribution in [2.24, 2.45) is 5.73 Å². The Hall–Kier alpha value is -0.900. The molecule has 1 aliphatic heterocycles. The quantitative estimate of drug-likeness (QED) is 0.865. The van der Waals surface area contributed by atoms with E-state index in [2.05, 4.69) is 48.2 Å². The first-order valence-electron chi connectivity index (χ1n) is 7.85. The van der Waals surface area contributed by atoms with Gasteiger partial charge in [0.2, 0.25) is 0 Å². The second-order valence-corrected chi connectivity index (χ2v) is 6.18. The van der Waals surface area contributed by atoms with Crippen molar-refractivity contribution in [2.45, 2.75) is 44.8 Å². The molecule has 0 amide bonds. The number of benzene rings is 1. The molecule has 1 unspecified atom stereocenters. The monoisotopic (exact) mass is 275 g/mol. The Balaban J connectivity index is 1.75. The summed E-state index contributed by atoms with van der Waals surface area (Å²) in [5, 5.41) is 0. The molecule has 1 atom stereocenters. The Kier molecular flexibility index (Phi) is 6.02. The Morgan fingerprint density at radius 1 is 1.20 bits per heavy atom. The van der Waals surface area contributed by atoms with Gasteiger partial charge in [-0.1, -0.05) is 30.7 Å². The summed E-state index contributed by atoms with van der Waals surface area (Å²) in [7, 11) is 4.50. The molecule has 2 N–H and O–H groups in total. The minimum atomic E-state index is 0.629. The first-order valence-corrected chi connectivity index (χ1v) is 7.85. The number of hydrogen-bond donors (Lipinski definition) is 1. The van der Waals surface area contributed by atoms with Gasteiger partial charge < -0.3 is 15.5 Å². The Labute approximate surface area is 123 Å². The molecule has 2 rings (SSSR count). The van der Waals surface area contributed by atoms with Crippen LogP contribution in [0.5, 0.6) is 0 Å². The van der Waals surface area contributed by atoms with Gasteiger partial charge in [0, 0.05) is 19.1 Å². The molecule has 1 saturated heterocycles. The summed E-state index contributed by atoms with van der Waals surface area (Å²) >= 11 is 0. The summed E-state index contributed by atoms with van der Waals surface area (Å²) in [6.07, 6.45) is 5.43. The summed E-state index contributed by atoms with van der Waals surface area (Å²) in [5.41, 5.74) is 8.21. The van der Waals surface area contributed by atoms with Crippen LogP contribution in [-0.2, 0) is 13.1 Å². The largest absolute Gasteiger partial charge is 0.326 e. The zero-order valence-corrected chi connectivity index (χ0v) is 13.0. The van der Waals surface area contributed by atoms with E-state index < -0.39 is 0 Å². The van der Waals surface area contributed by atoms with Gasteiger partial charge in [-0.15, -0.1) is 0 Å². The molecule has 1 heterocycles. The van der Waals surface area contributed by atoms with Crippen molar-refractivity contribution in [3.05, 3.63) is 35.4 Å². The van der Waals surface area contributed by atoms with Gasteiger partial charge in [-0.25, -0.2) is 0 Å². The molecule has 1 aromatic rings. The van der Waals surface area contributed by atoms with Gasteiger partial charge in [0.25, 0.3) is 0 Å². The first-order chi connectivity index (χ1) is 9.69. The fourth-order valence-electron chi connectivity index (χ4n) is 3.05. The number of hydrogen-bond acceptors (Lipinski definition) is 3. The molecule has 3 heteroatoms. The minimum absolute atomic E-state index is 0.629. The maximum Gasteiger partial charge on any atom is 0.0230 e. The van der Waals surface area contributed by atoms with Gasteiger partial charge in [0.05, 0.1) is 0 Å². The number of rotatable bonds is 6. The lowest BCUT2D eigenvalue weighted by Gasteiger charge is -2.33. The van der Waals surface area contributed by atoms with Crippen molar-refractivity contribution >= 4 is 0 Å². The van der Waals surface area contributed by atoms with Crippen LogP contribution >= 0.6 is 0 Å². The van der Waals surface area contributed by atoms with Crippen LogP contribution in [0.1, 0.15) is 36.8 Å². The van der Waals surface area contributed by atoms with Crippen LogP contribution in [0, 0.1) is 0 Å². The molecular formula is C17H29N3. The van der Waals surface area contributed by atoms with Crippen LogP contribution in [0.15, 0.2) is 24.3 Å². The molecule has 20 heavy (non-hydrogen) atoms. The molecule has 0 bridgehead atoms. The molecule has 1 fully saturated rings. The first kappa shape index (κ1) is 15.5. The maximum atomic E-state index is 5.63. The summed E-state index contributed by atoms with van der Waals surface area (Å²) in [4.78, 5) is 4.97. The third kappa shape index (κ3) is 4.58. The standard InChI is InChI=1S/C17H29N3/c1-19(12-10-17-5-3-4-11-20(17)2)14-16-8-6-15(13-18)7-9-16/h6-9,17H,3-5,10-14,18H2,1-2H3. The van der Waals surface area contributed by atoms with Crippen LogP contribution < -0.4 is 5.73 Å². The highest BCUT2D eigenvalue weighted by Crippen LogP contribution is 2.18. The average molecular weight is 275 g/mol. The summed E-state index contributed by atoms with van der Waals surface area (Å²) in [6, 6.07) is 9.46. The lowest BCUT2D eigenvalue weighted by atomic mass is 10.00. The van der Waals surface area contributed by atoms with Crippen molar-refractivity contribution in [2.75, 3.05) is 27.2 Å². The van der Waals surface area contributed by atoms with E-state index in [0.29, 0.717) is 6.54 Å². The smallest absolute Gasteiger partial charge is 0.0230 e. The van der Waals surface area contributed by atoms with Gasteiger partial charge in [-0.3, -0.25) is 0 Å². The van der Waals surface area contributed by atoms with E-state index in [-0.39, 0.29) is 0 Å². The predicted octanol–water partition coefficient (Wildman–Crippen LogP) is 2.45. The van der Waals surface area contributed by atoms with Gasteiger partial charge in [0.15, 0.2) is 0 Å². The molecule has 1 aliphatic rings. The molecule has 112 valence electrons. The Bertz CT molecular complexity index is 388. The summed E-state index contributed by atoms with van der Waals surface area (Å²) in [5.74, 6) is 0. The van der Waals surface area contributed by atoms with Crippen molar-refractivity contribution < 1.29 is 0 Å². The normalized spacial score (nSPS) is 20.5. The van der Waals surface area contributed by atoms with E-state index in [1.165, 1.54) is 49.9 Å². The molecule has 0 spiro atoms. The number of nitrogens with two attached hydrogens (primary N) is 1. The van der Waals surface area contributed by atoms with Crippen LogP contribution in [0.3, 0.4) is 0 Å². The second-order valence-electron chi connectivity index (χ2n) is 6.18. The highest BCUT2D eigenvalue weighted by atomic mass is 15.1. The Morgan fingerprint density at radius 2 is 1.90 bits per heavy atom. The van der Waals surface area contributed by atoms with E-state index in [1.807, 2.05) is 0 Å². The molecule has 0 aliphatic carbocycles. The van der Waals surface area contributed by atoms with E-state index >= 15 is 0 Å². The maximum absolute atomic E-state index is 5.63. The predicted molar refractivity (Wildman–Crippen MR) is 85.6 cm³/mol. The summed E-state index contributed by atoms with van der Waals surface area (Å²) in [6.45, 7) is 4.11. The van der Waals surface area contributed by atoms with Crippen molar-refractivity contribution in [1.82, 2.24) is 9.80 Å². The third-order valence-electron chi connectivity index (χ3n) is 4.48. The number of piperidine rings is 1. The highest BCUT2D eigenvalue weighted by molar-refractivity contribution is 5.22. The lowest BCUT2D eigenvalue weighted by molar-refractivity contribution is 0.159. The fraction of sp³-hybridized carbons (Fsp3) is 0.647. The van der Waals surface area contributed by atoms with Crippen LogP contribution in [0.4, 0.5) is 0 Å². The lowest BCUT2D eigenvalue weighted by Crippen LogP contribution is -2.38. The third-order valence-corrected chi connectivity index (χ3v) is 4.48. The number of likely N-dealkylation sites (tertiary alicyclic amines) is 1. The van der Waals surface area contributed by atoms with E-state index in [9.17, 15) is 0 Å². The molecule has 0 saturated carbocycles. The molecule has 0 radical (unpaired) electrons. The minimum Gasteiger partial charge on any atom is -0.326 e. The topological polar surface area (TPSA) is 32.5 Å². The molecular weight excluding hydrogens is 246 g/mol. The fourth-order valence-corrected chi connectivity index (χ4v) is 3.05. The van der Waals surface area contributed by atoms with Gasteiger partial charge in [-0.05, 0) is 57.6 Å². The SMILES string of the molecule is CN(CCC1CCCCN1C)Cc1ccc(CN)cc1. The van der Waals surface area contributed by atoms with E-state index in [0.717, 1.165) is 12.6 Å². The highest BCUT2D eigenvalue weighted by Gasteiger charge is 2.18. The van der Waals surface area contributed by atoms with E-state index in [4.69, 9.17) is 5.73 Å². The molecule has 1 aromatic carbocycles. The zero-order valence-electron chi connectivity index (χ0n) is 13.0. The number of nitrogens with zero attached hydrogens (tertiary/aromatic N) is 2. The van der Waals surface area contributed by atoms with Crippen molar-refractivity contribution in [1.29, 1.82) is 0 Å². The zero-order chi connectivity index (χ0) is 14.4. The van der Waals surface area contributed by atoms with Crippen LogP contribution in [0.25, 0.3) is 0 Å². The average Bonchev–Trinajstić information content (AvgIpc) is 2.47. The summed E-state index contributed by atoms with van der Waals surface area (Å²) < 4.78 is 0. The molecule has 3 nitrogen and oxygen atoms in total. The van der Waals surface area contributed by atoms with Gasteiger partial charge in [0.1, 0.15) is 0 Å². The Morgan fingerprint density at radius 3 is 2.55 bits per heavy atom. The second kappa shape index (κ2) is 7.77. The van der Waals surface area contributed by atoms with Crippen molar-refractivity contribution in [3.63, 3.8) is 0 Å². The van der Waals surface area contributed by atoms with Crippen LogP contribution in [-0.4, -0.2) is 43.0 Å². The molecule has 0 aromatic heterocycles. The van der Waals surface area contributed by atoms with Crippen LogP contribution in [0.2, 0.25) is 0 Å². The van der Waals surface area contributed by atoms with Crippen molar-refractivity contribution in [3.8, 4) is 0 Å². The van der Waals surface area contributed by atoms with E-state index in [1.54, 1.807) is 0 Å². The van der Waals surface area contributed by atoms with Gasteiger partial charge >= 0.3 is 0 Å². The van der Waals surface area contributed by atoms with Gasteiger partial charge in [-0.2, -0.15) is 0 Å².